The number of rotatable bonds is 3. The van der Waals surface area contributed by atoms with Crippen LogP contribution in [0, 0.1) is 17.0 Å². The number of hydrogen-bond donors (Lipinski definition) is 0. The lowest BCUT2D eigenvalue weighted by Crippen LogP contribution is -1.86. The topological polar surface area (TPSA) is 43.1 Å². The van der Waals surface area contributed by atoms with E-state index in [-0.39, 0.29) is 5.69 Å². The van der Waals surface area contributed by atoms with Gasteiger partial charge in [0.1, 0.15) is 0 Å². The van der Waals surface area contributed by atoms with Gasteiger partial charge in [-0.1, -0.05) is 36.4 Å². The van der Waals surface area contributed by atoms with E-state index >= 15 is 0 Å². The highest BCUT2D eigenvalue weighted by Crippen LogP contribution is 2.15. The molecule has 0 atom stereocenters. The Morgan fingerprint density at radius 2 is 1.67 bits per heavy atom. The number of nitrogens with zero attached hydrogens (tertiary/aromatic N) is 1. The third-order valence-electron chi connectivity index (χ3n) is 2.75. The Kier molecular flexibility index (Phi) is 3.53. The van der Waals surface area contributed by atoms with Crippen LogP contribution >= 0.6 is 0 Å². The molecule has 0 amide bonds. The van der Waals surface area contributed by atoms with Crippen molar-refractivity contribution in [1.82, 2.24) is 0 Å². The van der Waals surface area contributed by atoms with Crippen molar-refractivity contribution in [3.05, 3.63) is 75.3 Å². The molecule has 0 N–H and O–H groups in total. The zero-order valence-electron chi connectivity index (χ0n) is 10.0. The normalized spacial score (nSPS) is 10.7. The molecule has 3 heteroatoms. The Morgan fingerprint density at radius 3 is 2.28 bits per heavy atom. The zero-order valence-corrected chi connectivity index (χ0v) is 10.0. The van der Waals surface area contributed by atoms with Gasteiger partial charge in [0.15, 0.2) is 0 Å². The van der Waals surface area contributed by atoms with Gasteiger partial charge in [0.25, 0.3) is 5.69 Å². The van der Waals surface area contributed by atoms with Crippen LogP contribution in [0.5, 0.6) is 0 Å². The number of nitro groups is 1. The largest absolute Gasteiger partial charge is 0.269 e. The van der Waals surface area contributed by atoms with E-state index in [4.69, 9.17) is 0 Å². The van der Waals surface area contributed by atoms with Gasteiger partial charge in [0.2, 0.25) is 0 Å². The molecule has 0 aromatic heterocycles. The molecule has 0 heterocycles. The lowest BCUT2D eigenvalue weighted by atomic mass is 10.1. The molecule has 0 unspecified atom stereocenters. The van der Waals surface area contributed by atoms with Gasteiger partial charge in [-0.25, -0.2) is 0 Å². The molecule has 0 bridgehead atoms. The Hall–Kier alpha value is -2.42. The highest BCUT2D eigenvalue weighted by Gasteiger charge is 2.02. The van der Waals surface area contributed by atoms with Crippen molar-refractivity contribution in [2.24, 2.45) is 0 Å². The van der Waals surface area contributed by atoms with Crippen LogP contribution in [0.3, 0.4) is 0 Å². The maximum absolute atomic E-state index is 10.5. The molecule has 2 aromatic rings. The monoisotopic (exact) mass is 239 g/mol. The lowest BCUT2D eigenvalue weighted by Gasteiger charge is -1.98. The van der Waals surface area contributed by atoms with Gasteiger partial charge in [-0.05, 0) is 35.7 Å². The Morgan fingerprint density at radius 1 is 1.00 bits per heavy atom. The van der Waals surface area contributed by atoms with Crippen LogP contribution < -0.4 is 0 Å². The summed E-state index contributed by atoms with van der Waals surface area (Å²) >= 11 is 0. The van der Waals surface area contributed by atoms with E-state index in [2.05, 4.69) is 13.0 Å². The van der Waals surface area contributed by atoms with Gasteiger partial charge in [-0.3, -0.25) is 10.1 Å². The zero-order chi connectivity index (χ0) is 13.0. The maximum atomic E-state index is 10.5. The van der Waals surface area contributed by atoms with Crippen LogP contribution in [0.4, 0.5) is 5.69 Å². The van der Waals surface area contributed by atoms with E-state index in [1.165, 1.54) is 17.7 Å². The second-order valence-electron chi connectivity index (χ2n) is 4.04. The predicted molar refractivity (Wildman–Crippen MR) is 73.2 cm³/mol. The van der Waals surface area contributed by atoms with E-state index in [9.17, 15) is 10.1 Å². The maximum Gasteiger partial charge on any atom is 0.269 e. The van der Waals surface area contributed by atoms with Crippen LogP contribution in [0.15, 0.2) is 48.5 Å². The fourth-order valence-electron chi connectivity index (χ4n) is 1.67. The van der Waals surface area contributed by atoms with Crippen LogP contribution in [0.1, 0.15) is 16.7 Å². The van der Waals surface area contributed by atoms with Gasteiger partial charge in [0.05, 0.1) is 4.92 Å². The van der Waals surface area contributed by atoms with Gasteiger partial charge in [-0.2, -0.15) is 0 Å². The summed E-state index contributed by atoms with van der Waals surface area (Å²) in [4.78, 5) is 10.1. The number of benzene rings is 2. The molecule has 0 spiro atoms. The van der Waals surface area contributed by atoms with E-state index in [0.717, 1.165) is 11.1 Å². The summed E-state index contributed by atoms with van der Waals surface area (Å²) in [5, 5.41) is 10.5. The van der Waals surface area contributed by atoms with Crippen LogP contribution in [-0.2, 0) is 0 Å². The summed E-state index contributed by atoms with van der Waals surface area (Å²) in [6.45, 7) is 2.05. The van der Waals surface area contributed by atoms with Crippen molar-refractivity contribution in [2.75, 3.05) is 0 Å². The first-order valence-corrected chi connectivity index (χ1v) is 5.65. The summed E-state index contributed by atoms with van der Waals surface area (Å²) in [5.74, 6) is 0. The second-order valence-corrected chi connectivity index (χ2v) is 4.04. The molecule has 90 valence electrons. The van der Waals surface area contributed by atoms with Crippen molar-refractivity contribution < 1.29 is 4.92 Å². The van der Waals surface area contributed by atoms with Gasteiger partial charge < -0.3 is 0 Å². The molecule has 0 saturated heterocycles. The van der Waals surface area contributed by atoms with Gasteiger partial charge in [-0.15, -0.1) is 0 Å². The standard InChI is InChI=1S/C15H13NO2/c1-12-4-2-3-5-14(12)9-6-13-7-10-15(11-8-13)16(17)18/h2-11H,1H3. The average Bonchev–Trinajstić information content (AvgIpc) is 2.38. The number of aryl methyl sites for hydroxylation is 1. The molecule has 0 aliphatic heterocycles. The van der Waals surface area contributed by atoms with E-state index in [1.54, 1.807) is 12.1 Å². The first-order valence-electron chi connectivity index (χ1n) is 5.65. The predicted octanol–water partition coefficient (Wildman–Crippen LogP) is 4.07. The minimum Gasteiger partial charge on any atom is -0.258 e. The number of hydrogen-bond acceptors (Lipinski definition) is 2. The summed E-state index contributed by atoms with van der Waals surface area (Å²) in [7, 11) is 0. The third kappa shape index (κ3) is 2.83. The summed E-state index contributed by atoms with van der Waals surface area (Å²) in [6.07, 6.45) is 3.96. The number of nitro benzene ring substituents is 1. The Bertz CT molecular complexity index is 586. The van der Waals surface area contributed by atoms with Crippen molar-refractivity contribution in [3.8, 4) is 0 Å². The van der Waals surface area contributed by atoms with E-state index < -0.39 is 4.92 Å². The fraction of sp³-hybridized carbons (Fsp3) is 0.0667. The van der Waals surface area contributed by atoms with Crippen LogP contribution in [-0.4, -0.2) is 4.92 Å². The molecule has 0 fully saturated rings. The third-order valence-corrected chi connectivity index (χ3v) is 2.75. The minimum absolute atomic E-state index is 0.114. The fourth-order valence-corrected chi connectivity index (χ4v) is 1.67. The molecule has 0 aliphatic rings. The van der Waals surface area contributed by atoms with Crippen molar-refractivity contribution in [1.29, 1.82) is 0 Å². The summed E-state index contributed by atoms with van der Waals surface area (Å²) in [6, 6.07) is 14.6. The van der Waals surface area contributed by atoms with E-state index in [1.807, 2.05) is 30.4 Å². The molecule has 2 aromatic carbocycles. The smallest absolute Gasteiger partial charge is 0.258 e. The first-order chi connectivity index (χ1) is 8.66. The molecule has 3 nitrogen and oxygen atoms in total. The lowest BCUT2D eigenvalue weighted by molar-refractivity contribution is -0.384. The molecule has 0 radical (unpaired) electrons. The van der Waals surface area contributed by atoms with Crippen molar-refractivity contribution in [2.45, 2.75) is 6.92 Å². The van der Waals surface area contributed by atoms with Crippen LogP contribution in [0.25, 0.3) is 12.2 Å². The van der Waals surface area contributed by atoms with Crippen LogP contribution in [0.2, 0.25) is 0 Å². The first kappa shape index (κ1) is 12.0. The summed E-state index contributed by atoms with van der Waals surface area (Å²) in [5.41, 5.74) is 3.42. The quantitative estimate of drug-likeness (QED) is 0.460. The molecular weight excluding hydrogens is 226 g/mol. The van der Waals surface area contributed by atoms with Gasteiger partial charge >= 0.3 is 0 Å². The molecular formula is C15H13NO2. The molecule has 18 heavy (non-hydrogen) atoms. The summed E-state index contributed by atoms with van der Waals surface area (Å²) < 4.78 is 0. The minimum atomic E-state index is -0.394. The molecule has 2 rings (SSSR count). The van der Waals surface area contributed by atoms with Crippen molar-refractivity contribution >= 4 is 17.8 Å². The Labute approximate surface area is 106 Å². The van der Waals surface area contributed by atoms with E-state index in [0.29, 0.717) is 0 Å². The van der Waals surface area contributed by atoms with Crippen molar-refractivity contribution in [3.63, 3.8) is 0 Å². The SMILES string of the molecule is Cc1ccccc1C=Cc1ccc([N+](=O)[O-])cc1. The molecule has 0 aliphatic carbocycles. The molecule has 0 saturated carbocycles. The second kappa shape index (κ2) is 5.27. The number of non-ortho nitro benzene ring substituents is 1. The van der Waals surface area contributed by atoms with Gasteiger partial charge in [0, 0.05) is 12.1 Å². The average molecular weight is 239 g/mol. The highest BCUT2D eigenvalue weighted by molar-refractivity contribution is 5.71. The Balaban J connectivity index is 2.19. The highest BCUT2D eigenvalue weighted by atomic mass is 16.6.